The zero-order valence-corrected chi connectivity index (χ0v) is 11.7. The molecule has 0 fully saturated rings. The second-order valence-corrected chi connectivity index (χ2v) is 7.19. The van der Waals surface area contributed by atoms with E-state index < -0.39 is 27.1 Å². The molecule has 0 bridgehead atoms. The molecule has 6 heteroatoms. The first kappa shape index (κ1) is 14.0. The van der Waals surface area contributed by atoms with Crippen LogP contribution in [0.3, 0.4) is 0 Å². The lowest BCUT2D eigenvalue weighted by Gasteiger charge is -2.33. The predicted octanol–water partition coefficient (Wildman–Crippen LogP) is 0.890. The van der Waals surface area contributed by atoms with Crippen molar-refractivity contribution in [2.75, 3.05) is 17.7 Å². The molecule has 0 saturated carbocycles. The van der Waals surface area contributed by atoms with Crippen molar-refractivity contribution < 1.29 is 18.3 Å². The first-order valence-electron chi connectivity index (χ1n) is 6.09. The van der Waals surface area contributed by atoms with Crippen LogP contribution >= 0.6 is 0 Å². The third kappa shape index (κ3) is 2.64. The SMILES string of the molecule is CC(C(=O)N1CCC(O)c2ccccc21)S(C)(=O)=O. The Morgan fingerprint density at radius 1 is 1.42 bits per heavy atom. The van der Waals surface area contributed by atoms with Gasteiger partial charge in [-0.2, -0.15) is 0 Å². The number of hydrogen-bond donors (Lipinski definition) is 1. The maximum absolute atomic E-state index is 12.3. The van der Waals surface area contributed by atoms with Crippen LogP contribution in [0.15, 0.2) is 24.3 Å². The Labute approximate surface area is 112 Å². The van der Waals surface area contributed by atoms with E-state index in [0.29, 0.717) is 24.2 Å². The second kappa shape index (κ2) is 4.94. The molecule has 1 aromatic carbocycles. The first-order valence-corrected chi connectivity index (χ1v) is 8.05. The van der Waals surface area contributed by atoms with Crippen molar-refractivity contribution in [2.24, 2.45) is 0 Å². The van der Waals surface area contributed by atoms with Gasteiger partial charge in [0.15, 0.2) is 9.84 Å². The van der Waals surface area contributed by atoms with E-state index >= 15 is 0 Å². The third-order valence-electron chi connectivity index (χ3n) is 3.47. The number of anilines is 1. The van der Waals surface area contributed by atoms with Crippen molar-refractivity contribution in [1.29, 1.82) is 0 Å². The van der Waals surface area contributed by atoms with Gasteiger partial charge >= 0.3 is 0 Å². The lowest BCUT2D eigenvalue weighted by molar-refractivity contribution is -0.118. The summed E-state index contributed by atoms with van der Waals surface area (Å²) in [4.78, 5) is 13.7. The van der Waals surface area contributed by atoms with Crippen LogP contribution in [0.5, 0.6) is 0 Å². The molecular weight excluding hydrogens is 266 g/mol. The monoisotopic (exact) mass is 283 g/mol. The Kier molecular flexibility index (Phi) is 3.64. The molecule has 1 aliphatic rings. The smallest absolute Gasteiger partial charge is 0.245 e. The van der Waals surface area contributed by atoms with Crippen LogP contribution < -0.4 is 4.90 Å². The van der Waals surface area contributed by atoms with E-state index in [1.807, 2.05) is 0 Å². The van der Waals surface area contributed by atoms with Crippen molar-refractivity contribution in [2.45, 2.75) is 24.7 Å². The molecule has 104 valence electrons. The number of amides is 1. The fraction of sp³-hybridized carbons (Fsp3) is 0.462. The number of aliphatic hydroxyl groups excluding tert-OH is 1. The van der Waals surface area contributed by atoms with Crippen LogP contribution in [0, 0.1) is 0 Å². The van der Waals surface area contributed by atoms with Gasteiger partial charge in [-0.25, -0.2) is 8.42 Å². The quantitative estimate of drug-likeness (QED) is 0.874. The average Bonchev–Trinajstić information content (AvgIpc) is 2.37. The number of carbonyl (C=O) groups is 1. The number of fused-ring (bicyclic) bond motifs is 1. The molecule has 2 rings (SSSR count). The van der Waals surface area contributed by atoms with Crippen molar-refractivity contribution in [3.63, 3.8) is 0 Å². The molecule has 1 heterocycles. The highest BCUT2D eigenvalue weighted by Gasteiger charge is 2.33. The molecule has 1 N–H and O–H groups in total. The number of carbonyl (C=O) groups excluding carboxylic acids is 1. The summed E-state index contributed by atoms with van der Waals surface area (Å²) in [6, 6.07) is 7.04. The number of benzene rings is 1. The summed E-state index contributed by atoms with van der Waals surface area (Å²) in [5.74, 6) is -0.443. The van der Waals surface area contributed by atoms with Gasteiger partial charge in [-0.05, 0) is 19.4 Å². The highest BCUT2D eigenvalue weighted by Crippen LogP contribution is 2.34. The Morgan fingerprint density at radius 2 is 2.05 bits per heavy atom. The molecule has 19 heavy (non-hydrogen) atoms. The molecule has 0 spiro atoms. The van der Waals surface area contributed by atoms with Crippen LogP contribution in [0.25, 0.3) is 0 Å². The minimum absolute atomic E-state index is 0.330. The number of sulfone groups is 1. The maximum atomic E-state index is 12.3. The fourth-order valence-electron chi connectivity index (χ4n) is 2.17. The summed E-state index contributed by atoms with van der Waals surface area (Å²) < 4.78 is 23.0. The predicted molar refractivity (Wildman–Crippen MR) is 72.7 cm³/mol. The van der Waals surface area contributed by atoms with Gasteiger partial charge in [0, 0.05) is 24.1 Å². The van der Waals surface area contributed by atoms with E-state index in [9.17, 15) is 18.3 Å². The maximum Gasteiger partial charge on any atom is 0.245 e. The minimum atomic E-state index is -3.42. The van der Waals surface area contributed by atoms with Gasteiger partial charge in [0.05, 0.1) is 6.10 Å². The Balaban J connectivity index is 2.38. The van der Waals surface area contributed by atoms with Crippen LogP contribution in [0.4, 0.5) is 5.69 Å². The van der Waals surface area contributed by atoms with E-state index in [1.165, 1.54) is 11.8 Å². The summed E-state index contributed by atoms with van der Waals surface area (Å²) in [7, 11) is -3.42. The number of aliphatic hydroxyl groups is 1. The molecule has 0 aliphatic carbocycles. The van der Waals surface area contributed by atoms with Gasteiger partial charge in [0.2, 0.25) is 5.91 Å². The lowest BCUT2D eigenvalue weighted by atomic mass is 9.98. The first-order chi connectivity index (χ1) is 8.82. The minimum Gasteiger partial charge on any atom is -0.388 e. The molecule has 1 aliphatic heterocycles. The zero-order chi connectivity index (χ0) is 14.2. The van der Waals surface area contributed by atoms with Gasteiger partial charge in [-0.15, -0.1) is 0 Å². The van der Waals surface area contributed by atoms with Crippen molar-refractivity contribution in [1.82, 2.24) is 0 Å². The molecule has 1 aromatic rings. The van der Waals surface area contributed by atoms with Crippen LogP contribution in [-0.2, 0) is 14.6 Å². The second-order valence-electron chi connectivity index (χ2n) is 4.82. The largest absolute Gasteiger partial charge is 0.388 e. The van der Waals surface area contributed by atoms with Gasteiger partial charge in [-0.1, -0.05) is 18.2 Å². The number of rotatable bonds is 2. The topological polar surface area (TPSA) is 74.7 Å². The molecule has 5 nitrogen and oxygen atoms in total. The standard InChI is InChI=1S/C13H17NO4S/c1-9(19(2,17)18)13(16)14-8-7-12(15)10-5-3-4-6-11(10)14/h3-6,9,12,15H,7-8H2,1-2H3. The van der Waals surface area contributed by atoms with Crippen molar-refractivity contribution in [3.8, 4) is 0 Å². The highest BCUT2D eigenvalue weighted by atomic mass is 32.2. The summed E-state index contributed by atoms with van der Waals surface area (Å²) >= 11 is 0. The van der Waals surface area contributed by atoms with Crippen LogP contribution in [-0.4, -0.2) is 37.5 Å². The van der Waals surface area contributed by atoms with E-state index in [0.717, 1.165) is 6.26 Å². The average molecular weight is 283 g/mol. The Hall–Kier alpha value is -1.40. The highest BCUT2D eigenvalue weighted by molar-refractivity contribution is 7.92. The Morgan fingerprint density at radius 3 is 2.68 bits per heavy atom. The van der Waals surface area contributed by atoms with E-state index in [-0.39, 0.29) is 0 Å². The van der Waals surface area contributed by atoms with Crippen molar-refractivity contribution in [3.05, 3.63) is 29.8 Å². The number of nitrogens with zero attached hydrogens (tertiary/aromatic N) is 1. The molecule has 2 atom stereocenters. The molecule has 0 saturated heterocycles. The van der Waals surface area contributed by atoms with Crippen LogP contribution in [0.2, 0.25) is 0 Å². The van der Waals surface area contributed by atoms with Gasteiger partial charge in [0.25, 0.3) is 0 Å². The number of para-hydroxylation sites is 1. The number of hydrogen-bond acceptors (Lipinski definition) is 4. The summed E-state index contributed by atoms with van der Waals surface area (Å²) in [6.07, 6.45) is 0.869. The molecule has 0 aromatic heterocycles. The normalized spacial score (nSPS) is 20.8. The summed E-state index contributed by atoms with van der Waals surface area (Å²) in [5, 5.41) is 8.83. The summed E-state index contributed by atoms with van der Waals surface area (Å²) in [6.45, 7) is 1.72. The zero-order valence-electron chi connectivity index (χ0n) is 10.9. The van der Waals surface area contributed by atoms with E-state index in [2.05, 4.69) is 0 Å². The van der Waals surface area contributed by atoms with Crippen LogP contribution in [0.1, 0.15) is 25.0 Å². The molecule has 2 unspecified atom stereocenters. The molecule has 0 radical (unpaired) electrons. The van der Waals surface area contributed by atoms with Gasteiger partial charge < -0.3 is 10.0 Å². The summed E-state index contributed by atoms with van der Waals surface area (Å²) in [5.41, 5.74) is 1.27. The molecule has 1 amide bonds. The van der Waals surface area contributed by atoms with Crippen molar-refractivity contribution >= 4 is 21.4 Å². The van der Waals surface area contributed by atoms with Gasteiger partial charge in [0.1, 0.15) is 5.25 Å². The Bertz CT molecular complexity index is 596. The van der Waals surface area contributed by atoms with E-state index in [1.54, 1.807) is 24.3 Å². The third-order valence-corrected chi connectivity index (χ3v) is 4.95. The lowest BCUT2D eigenvalue weighted by Crippen LogP contribution is -2.44. The van der Waals surface area contributed by atoms with Gasteiger partial charge in [-0.3, -0.25) is 4.79 Å². The van der Waals surface area contributed by atoms with E-state index in [4.69, 9.17) is 0 Å². The molecular formula is C13H17NO4S. The fourth-order valence-corrected chi connectivity index (χ4v) is 2.67.